The number of sulfonamides is 1. The molecule has 0 bridgehead atoms. The highest BCUT2D eigenvalue weighted by molar-refractivity contribution is 7.92. The second kappa shape index (κ2) is 7.89. The largest absolute Gasteiger partial charge is 0.348 e. The van der Waals surface area contributed by atoms with Crippen molar-refractivity contribution in [3.63, 3.8) is 0 Å². The van der Waals surface area contributed by atoms with Crippen LogP contribution in [0.4, 0.5) is 5.69 Å². The maximum atomic E-state index is 13.2. The number of hydrogen-bond acceptors (Lipinski definition) is 3. The van der Waals surface area contributed by atoms with E-state index in [1.807, 2.05) is 36.4 Å². The Bertz CT molecular complexity index is 1180. The molecule has 1 N–H and O–H groups in total. The summed E-state index contributed by atoms with van der Waals surface area (Å²) >= 11 is 6.12. The van der Waals surface area contributed by atoms with Gasteiger partial charge in [0.05, 0.1) is 10.6 Å². The first-order chi connectivity index (χ1) is 14.0. The molecule has 0 saturated carbocycles. The first kappa shape index (κ1) is 19.5. The fraction of sp³-hybridized carbons (Fsp3) is 0.136. The molecule has 5 nitrogen and oxygen atoms in total. The van der Waals surface area contributed by atoms with Gasteiger partial charge in [0.15, 0.2) is 0 Å². The van der Waals surface area contributed by atoms with E-state index in [9.17, 15) is 13.2 Å². The zero-order valence-electron chi connectivity index (χ0n) is 15.5. The zero-order chi connectivity index (χ0) is 20.4. The number of rotatable bonds is 5. The minimum atomic E-state index is -3.75. The number of nitrogens with zero attached hydrogens (tertiary/aromatic N) is 1. The Morgan fingerprint density at radius 3 is 2.59 bits per heavy atom. The van der Waals surface area contributed by atoms with E-state index in [1.54, 1.807) is 24.3 Å². The SMILES string of the molecule is O=C(NCc1ccccc1Cl)c1cccc(S(=O)(=O)N2CCc3ccccc32)c1. The highest BCUT2D eigenvalue weighted by Gasteiger charge is 2.30. The monoisotopic (exact) mass is 426 g/mol. The molecule has 7 heteroatoms. The van der Waals surface area contributed by atoms with Gasteiger partial charge in [0.1, 0.15) is 0 Å². The van der Waals surface area contributed by atoms with Crippen LogP contribution >= 0.6 is 11.6 Å². The van der Waals surface area contributed by atoms with E-state index in [0.717, 1.165) is 11.1 Å². The van der Waals surface area contributed by atoms with Crippen molar-refractivity contribution in [2.24, 2.45) is 0 Å². The Hall–Kier alpha value is -2.83. The number of para-hydroxylation sites is 1. The summed E-state index contributed by atoms with van der Waals surface area (Å²) in [5.74, 6) is -0.358. The Labute approximate surface area is 175 Å². The van der Waals surface area contributed by atoms with Crippen molar-refractivity contribution in [1.82, 2.24) is 5.32 Å². The topological polar surface area (TPSA) is 66.5 Å². The van der Waals surface area contributed by atoms with Gasteiger partial charge in [0, 0.05) is 23.7 Å². The summed E-state index contributed by atoms with van der Waals surface area (Å²) in [6.45, 7) is 0.652. The smallest absolute Gasteiger partial charge is 0.264 e. The number of benzene rings is 3. The highest BCUT2D eigenvalue weighted by atomic mass is 35.5. The Balaban J connectivity index is 1.56. The van der Waals surface area contributed by atoms with Gasteiger partial charge in [0.2, 0.25) is 0 Å². The van der Waals surface area contributed by atoms with Crippen molar-refractivity contribution < 1.29 is 13.2 Å². The number of fused-ring (bicyclic) bond motifs is 1. The third-order valence-corrected chi connectivity index (χ3v) is 7.10. The van der Waals surface area contributed by atoms with Crippen molar-refractivity contribution in [2.75, 3.05) is 10.8 Å². The lowest BCUT2D eigenvalue weighted by molar-refractivity contribution is 0.0950. The van der Waals surface area contributed by atoms with Crippen LogP contribution in [0.25, 0.3) is 0 Å². The van der Waals surface area contributed by atoms with Gasteiger partial charge >= 0.3 is 0 Å². The normalized spacial score (nSPS) is 13.2. The molecule has 0 aliphatic carbocycles. The molecule has 29 heavy (non-hydrogen) atoms. The maximum Gasteiger partial charge on any atom is 0.264 e. The first-order valence-corrected chi connectivity index (χ1v) is 11.0. The van der Waals surface area contributed by atoms with Crippen molar-refractivity contribution >= 4 is 33.2 Å². The number of carbonyl (C=O) groups excluding carboxylic acids is 1. The van der Waals surface area contributed by atoms with E-state index in [-0.39, 0.29) is 22.9 Å². The molecule has 1 aliphatic rings. The number of carbonyl (C=O) groups is 1. The predicted octanol–water partition coefficient (Wildman–Crippen LogP) is 4.02. The molecule has 0 unspecified atom stereocenters. The van der Waals surface area contributed by atoms with E-state index in [2.05, 4.69) is 5.32 Å². The highest BCUT2D eigenvalue weighted by Crippen LogP contribution is 2.32. The minimum Gasteiger partial charge on any atom is -0.348 e. The van der Waals surface area contributed by atoms with Crippen molar-refractivity contribution in [1.29, 1.82) is 0 Å². The van der Waals surface area contributed by atoms with Gasteiger partial charge in [0.25, 0.3) is 15.9 Å². The lowest BCUT2D eigenvalue weighted by Gasteiger charge is -2.20. The van der Waals surface area contributed by atoms with Gasteiger partial charge in [-0.05, 0) is 47.9 Å². The minimum absolute atomic E-state index is 0.0968. The third-order valence-electron chi connectivity index (χ3n) is 4.93. The summed E-state index contributed by atoms with van der Waals surface area (Å²) in [4.78, 5) is 12.7. The molecule has 3 aromatic rings. The van der Waals surface area contributed by atoms with E-state index >= 15 is 0 Å². The lowest BCUT2D eigenvalue weighted by Crippen LogP contribution is -2.29. The number of anilines is 1. The van der Waals surface area contributed by atoms with Crippen LogP contribution in [0.2, 0.25) is 5.02 Å². The molecule has 0 atom stereocenters. The lowest BCUT2D eigenvalue weighted by atomic mass is 10.2. The molecular formula is C22H19ClN2O3S. The van der Waals surface area contributed by atoms with Crippen LogP contribution in [0.5, 0.6) is 0 Å². The Morgan fingerprint density at radius 1 is 1.00 bits per heavy atom. The number of hydrogen-bond donors (Lipinski definition) is 1. The molecule has 0 fully saturated rings. The molecule has 0 spiro atoms. The summed E-state index contributed by atoms with van der Waals surface area (Å²) in [6.07, 6.45) is 0.674. The third kappa shape index (κ3) is 3.86. The molecule has 3 aromatic carbocycles. The fourth-order valence-electron chi connectivity index (χ4n) is 3.40. The van der Waals surface area contributed by atoms with E-state index in [0.29, 0.717) is 23.7 Å². The van der Waals surface area contributed by atoms with Crippen molar-refractivity contribution in [3.05, 3.63) is 94.5 Å². The molecule has 148 valence electrons. The second-order valence-electron chi connectivity index (χ2n) is 6.76. The van der Waals surface area contributed by atoms with Gasteiger partial charge in [-0.25, -0.2) is 8.42 Å². The van der Waals surface area contributed by atoms with E-state index in [4.69, 9.17) is 11.6 Å². The summed E-state index contributed by atoms with van der Waals surface area (Å²) in [5.41, 5.74) is 2.77. The van der Waals surface area contributed by atoms with E-state index in [1.165, 1.54) is 16.4 Å². The van der Waals surface area contributed by atoms with Crippen LogP contribution < -0.4 is 9.62 Å². The van der Waals surface area contributed by atoms with Crippen molar-refractivity contribution in [2.45, 2.75) is 17.9 Å². The molecule has 0 aromatic heterocycles. The average molecular weight is 427 g/mol. The van der Waals surface area contributed by atoms with Crippen LogP contribution in [0.1, 0.15) is 21.5 Å². The Kier molecular flexibility index (Phi) is 5.30. The molecule has 4 rings (SSSR count). The summed E-state index contributed by atoms with van der Waals surface area (Å²) in [7, 11) is -3.75. The first-order valence-electron chi connectivity index (χ1n) is 9.19. The average Bonchev–Trinajstić information content (AvgIpc) is 3.18. The van der Waals surface area contributed by atoms with Crippen molar-refractivity contribution in [3.8, 4) is 0 Å². The summed E-state index contributed by atoms with van der Waals surface area (Å²) in [5, 5.41) is 3.35. The summed E-state index contributed by atoms with van der Waals surface area (Å²) < 4.78 is 27.8. The van der Waals surface area contributed by atoms with Crippen LogP contribution in [0.15, 0.2) is 77.7 Å². The van der Waals surface area contributed by atoms with E-state index < -0.39 is 10.0 Å². The van der Waals surface area contributed by atoms with Gasteiger partial charge in [-0.1, -0.05) is 54.1 Å². The van der Waals surface area contributed by atoms with Crippen LogP contribution in [0, 0.1) is 0 Å². The number of nitrogens with one attached hydrogen (secondary N) is 1. The number of halogens is 1. The molecular weight excluding hydrogens is 408 g/mol. The van der Waals surface area contributed by atoms with Gasteiger partial charge in [-0.15, -0.1) is 0 Å². The standard InChI is InChI=1S/C22H19ClN2O3S/c23-20-10-3-1-7-18(20)15-24-22(26)17-8-5-9-19(14-17)29(27,28)25-13-12-16-6-2-4-11-21(16)25/h1-11,14H,12-13,15H2,(H,24,26). The predicted molar refractivity (Wildman–Crippen MR) is 114 cm³/mol. The van der Waals surface area contributed by atoms with Crippen LogP contribution in [-0.4, -0.2) is 20.9 Å². The molecule has 1 aliphatic heterocycles. The molecule has 1 amide bonds. The molecule has 1 heterocycles. The quantitative estimate of drug-likeness (QED) is 0.670. The number of amides is 1. The fourth-order valence-corrected chi connectivity index (χ4v) is 5.15. The summed E-state index contributed by atoms with van der Waals surface area (Å²) in [6, 6.07) is 20.8. The van der Waals surface area contributed by atoms with Crippen LogP contribution in [-0.2, 0) is 23.0 Å². The van der Waals surface area contributed by atoms with Gasteiger partial charge < -0.3 is 5.32 Å². The Morgan fingerprint density at radius 2 is 1.76 bits per heavy atom. The van der Waals surface area contributed by atoms with Crippen LogP contribution in [0.3, 0.4) is 0 Å². The second-order valence-corrected chi connectivity index (χ2v) is 9.03. The molecule has 0 saturated heterocycles. The van der Waals surface area contributed by atoms with Gasteiger partial charge in [-0.2, -0.15) is 0 Å². The molecule has 0 radical (unpaired) electrons. The zero-order valence-corrected chi connectivity index (χ0v) is 17.1. The maximum absolute atomic E-state index is 13.2. The van der Waals surface area contributed by atoms with Gasteiger partial charge in [-0.3, -0.25) is 9.10 Å².